The number of benzene rings is 1. The number of allylic oxidation sites excluding steroid dienone is 9. The second kappa shape index (κ2) is 3.71. The van der Waals surface area contributed by atoms with Crippen molar-refractivity contribution >= 4 is 6.08 Å². The SMILES string of the molecule is C1=CC(C2=CC=C3C=Cc4ccccc4C32)C=C1. The van der Waals surface area contributed by atoms with E-state index in [0.29, 0.717) is 11.8 Å². The Labute approximate surface area is 107 Å². The van der Waals surface area contributed by atoms with E-state index in [4.69, 9.17) is 0 Å². The second-order valence-corrected chi connectivity index (χ2v) is 5.02. The van der Waals surface area contributed by atoms with Gasteiger partial charge < -0.3 is 0 Å². The first-order valence-corrected chi connectivity index (χ1v) is 6.47. The predicted molar refractivity (Wildman–Crippen MR) is 76.2 cm³/mol. The highest BCUT2D eigenvalue weighted by Crippen LogP contribution is 2.45. The topological polar surface area (TPSA) is 0 Å². The Morgan fingerprint density at radius 3 is 2.56 bits per heavy atom. The molecule has 0 saturated carbocycles. The van der Waals surface area contributed by atoms with E-state index in [1.807, 2.05) is 0 Å². The minimum Gasteiger partial charge on any atom is -0.0735 e. The summed E-state index contributed by atoms with van der Waals surface area (Å²) in [4.78, 5) is 0. The Balaban J connectivity index is 1.83. The summed E-state index contributed by atoms with van der Waals surface area (Å²) >= 11 is 0. The van der Waals surface area contributed by atoms with E-state index in [0.717, 1.165) is 0 Å². The standard InChI is InChI=1S/C18H14/c1-2-6-13(5-1)17-12-11-15-10-9-14-7-3-4-8-16(14)18(15)17/h1-13,18H. The Bertz CT molecular complexity index is 638. The van der Waals surface area contributed by atoms with Crippen LogP contribution in [0.25, 0.3) is 6.08 Å². The molecule has 0 heterocycles. The van der Waals surface area contributed by atoms with Gasteiger partial charge >= 0.3 is 0 Å². The van der Waals surface area contributed by atoms with E-state index in [1.165, 1.54) is 22.3 Å². The van der Waals surface area contributed by atoms with Crippen LogP contribution in [-0.4, -0.2) is 0 Å². The van der Waals surface area contributed by atoms with E-state index >= 15 is 0 Å². The molecule has 1 unspecified atom stereocenters. The highest BCUT2D eigenvalue weighted by Gasteiger charge is 2.30. The van der Waals surface area contributed by atoms with Gasteiger partial charge in [0.25, 0.3) is 0 Å². The fraction of sp³-hybridized carbons (Fsp3) is 0.111. The molecule has 0 aliphatic heterocycles. The smallest absolute Gasteiger partial charge is 0.0317 e. The molecule has 0 spiro atoms. The molecule has 86 valence electrons. The van der Waals surface area contributed by atoms with Crippen LogP contribution in [0.2, 0.25) is 0 Å². The molecule has 0 N–H and O–H groups in total. The van der Waals surface area contributed by atoms with Crippen LogP contribution in [0.1, 0.15) is 17.0 Å². The molecule has 3 aliphatic rings. The zero-order chi connectivity index (χ0) is 11.9. The predicted octanol–water partition coefficient (Wildman–Crippen LogP) is 4.41. The van der Waals surface area contributed by atoms with E-state index in [9.17, 15) is 0 Å². The van der Waals surface area contributed by atoms with Crippen molar-refractivity contribution in [1.29, 1.82) is 0 Å². The summed E-state index contributed by atoms with van der Waals surface area (Å²) in [5, 5.41) is 0. The number of rotatable bonds is 1. The van der Waals surface area contributed by atoms with Crippen molar-refractivity contribution in [2.75, 3.05) is 0 Å². The van der Waals surface area contributed by atoms with Gasteiger partial charge in [0.1, 0.15) is 0 Å². The maximum Gasteiger partial charge on any atom is 0.0317 e. The van der Waals surface area contributed by atoms with Crippen molar-refractivity contribution in [3.8, 4) is 0 Å². The molecule has 0 amide bonds. The molecule has 0 aromatic heterocycles. The molecular weight excluding hydrogens is 216 g/mol. The fourth-order valence-electron chi connectivity index (χ4n) is 3.16. The van der Waals surface area contributed by atoms with Gasteiger partial charge in [-0.3, -0.25) is 0 Å². The third-order valence-corrected chi connectivity index (χ3v) is 4.03. The van der Waals surface area contributed by atoms with Crippen LogP contribution in [0, 0.1) is 5.92 Å². The largest absolute Gasteiger partial charge is 0.0735 e. The van der Waals surface area contributed by atoms with Crippen molar-refractivity contribution < 1.29 is 0 Å². The van der Waals surface area contributed by atoms with Gasteiger partial charge in [-0.25, -0.2) is 0 Å². The summed E-state index contributed by atoms with van der Waals surface area (Å²) < 4.78 is 0. The van der Waals surface area contributed by atoms with E-state index in [2.05, 4.69) is 72.9 Å². The molecule has 0 nitrogen and oxygen atoms in total. The number of hydrogen-bond donors (Lipinski definition) is 0. The third kappa shape index (κ3) is 1.32. The highest BCUT2D eigenvalue weighted by atomic mass is 14.3. The van der Waals surface area contributed by atoms with Gasteiger partial charge in [-0.15, -0.1) is 0 Å². The normalized spacial score (nSPS) is 23.9. The van der Waals surface area contributed by atoms with Crippen LogP contribution >= 0.6 is 0 Å². The van der Waals surface area contributed by atoms with Gasteiger partial charge in [-0.05, 0) is 22.3 Å². The second-order valence-electron chi connectivity index (χ2n) is 5.02. The fourth-order valence-corrected chi connectivity index (χ4v) is 3.16. The van der Waals surface area contributed by atoms with Crippen LogP contribution in [-0.2, 0) is 0 Å². The van der Waals surface area contributed by atoms with Gasteiger partial charge in [-0.1, -0.05) is 72.9 Å². The number of hydrogen-bond acceptors (Lipinski definition) is 0. The van der Waals surface area contributed by atoms with Crippen molar-refractivity contribution in [3.63, 3.8) is 0 Å². The first kappa shape index (κ1) is 9.90. The van der Waals surface area contributed by atoms with Gasteiger partial charge in [0, 0.05) is 11.8 Å². The summed E-state index contributed by atoms with van der Waals surface area (Å²) in [6.07, 6.45) is 17.9. The molecule has 18 heavy (non-hydrogen) atoms. The highest BCUT2D eigenvalue weighted by molar-refractivity contribution is 5.69. The van der Waals surface area contributed by atoms with Crippen LogP contribution in [0.4, 0.5) is 0 Å². The van der Waals surface area contributed by atoms with Crippen molar-refractivity contribution in [2.24, 2.45) is 5.92 Å². The maximum atomic E-state index is 2.30. The summed E-state index contributed by atoms with van der Waals surface area (Å²) in [6, 6.07) is 8.73. The number of fused-ring (bicyclic) bond motifs is 3. The van der Waals surface area contributed by atoms with Gasteiger partial charge in [0.15, 0.2) is 0 Å². The lowest BCUT2D eigenvalue weighted by Crippen LogP contribution is -2.10. The molecule has 3 aliphatic carbocycles. The molecule has 1 atom stereocenters. The minimum atomic E-state index is 0.462. The quantitative estimate of drug-likeness (QED) is 0.670. The first-order valence-electron chi connectivity index (χ1n) is 6.47. The summed E-state index contributed by atoms with van der Waals surface area (Å²) in [7, 11) is 0. The van der Waals surface area contributed by atoms with Gasteiger partial charge in [-0.2, -0.15) is 0 Å². The van der Waals surface area contributed by atoms with Crippen LogP contribution in [0.5, 0.6) is 0 Å². The van der Waals surface area contributed by atoms with E-state index < -0.39 is 0 Å². The van der Waals surface area contributed by atoms with Gasteiger partial charge in [0.2, 0.25) is 0 Å². The summed E-state index contributed by atoms with van der Waals surface area (Å²) in [5.41, 5.74) is 5.74. The Morgan fingerprint density at radius 2 is 1.67 bits per heavy atom. The molecule has 0 saturated heterocycles. The molecule has 1 aromatic carbocycles. The monoisotopic (exact) mass is 230 g/mol. The zero-order valence-electron chi connectivity index (χ0n) is 10.1. The Kier molecular flexibility index (Phi) is 2.04. The summed E-state index contributed by atoms with van der Waals surface area (Å²) in [6.45, 7) is 0. The minimum absolute atomic E-state index is 0.462. The molecular formula is C18H14. The van der Waals surface area contributed by atoms with Crippen LogP contribution in [0.15, 0.2) is 77.9 Å². The van der Waals surface area contributed by atoms with Crippen molar-refractivity contribution in [1.82, 2.24) is 0 Å². The average Bonchev–Trinajstić information content (AvgIpc) is 3.07. The summed E-state index contributed by atoms with van der Waals surface area (Å²) in [5.74, 6) is 0.937. The van der Waals surface area contributed by atoms with Gasteiger partial charge in [0.05, 0.1) is 0 Å². The van der Waals surface area contributed by atoms with Crippen LogP contribution < -0.4 is 0 Å². The van der Waals surface area contributed by atoms with Crippen molar-refractivity contribution in [2.45, 2.75) is 5.92 Å². The molecule has 0 heteroatoms. The van der Waals surface area contributed by atoms with Crippen LogP contribution in [0.3, 0.4) is 0 Å². The lowest BCUT2D eigenvalue weighted by Gasteiger charge is -2.25. The van der Waals surface area contributed by atoms with Crippen molar-refractivity contribution in [3.05, 3.63) is 89.1 Å². The Morgan fingerprint density at radius 1 is 0.833 bits per heavy atom. The molecule has 0 radical (unpaired) electrons. The zero-order valence-corrected chi connectivity index (χ0v) is 10.1. The van der Waals surface area contributed by atoms with E-state index in [-0.39, 0.29) is 0 Å². The molecule has 4 rings (SSSR count). The lowest BCUT2D eigenvalue weighted by atomic mass is 9.78. The van der Waals surface area contributed by atoms with E-state index in [1.54, 1.807) is 0 Å². The third-order valence-electron chi connectivity index (χ3n) is 4.03. The maximum absolute atomic E-state index is 2.30. The Hall–Kier alpha value is -2.08. The first-order chi connectivity index (χ1) is 8.93. The average molecular weight is 230 g/mol. The molecule has 0 bridgehead atoms. The molecule has 1 aromatic rings. The molecule has 0 fully saturated rings. The lowest BCUT2D eigenvalue weighted by molar-refractivity contribution is 0.837.